The predicted octanol–water partition coefficient (Wildman–Crippen LogP) is 1.46. The fourth-order valence-corrected chi connectivity index (χ4v) is 1.83. The Bertz CT molecular complexity index is 216. The van der Waals surface area contributed by atoms with Gasteiger partial charge in [-0.3, -0.25) is 0 Å². The molecule has 0 fully saturated rings. The second-order valence-electron chi connectivity index (χ2n) is 3.35. The second-order valence-corrected chi connectivity index (χ2v) is 3.35. The SMILES string of the molecule is BC1=CC(C)=C(OC)C(C)C1. The minimum atomic E-state index is 0.560. The van der Waals surface area contributed by atoms with Crippen LogP contribution in [0.4, 0.5) is 0 Å². The van der Waals surface area contributed by atoms with Crippen molar-refractivity contribution in [2.24, 2.45) is 5.92 Å². The van der Waals surface area contributed by atoms with E-state index >= 15 is 0 Å². The van der Waals surface area contributed by atoms with Crippen LogP contribution in [0.5, 0.6) is 0 Å². The number of ether oxygens (including phenoxy) is 1. The maximum absolute atomic E-state index is 5.30. The fraction of sp³-hybridized carbons (Fsp3) is 0.556. The first-order valence-corrected chi connectivity index (χ1v) is 4.07. The summed E-state index contributed by atoms with van der Waals surface area (Å²) >= 11 is 0. The van der Waals surface area contributed by atoms with Gasteiger partial charge in [0.05, 0.1) is 7.11 Å². The van der Waals surface area contributed by atoms with E-state index in [0.29, 0.717) is 5.92 Å². The average molecular weight is 150 g/mol. The first-order valence-electron chi connectivity index (χ1n) is 4.07. The van der Waals surface area contributed by atoms with E-state index < -0.39 is 0 Å². The van der Waals surface area contributed by atoms with Crippen LogP contribution in [-0.2, 0) is 4.74 Å². The summed E-state index contributed by atoms with van der Waals surface area (Å²) in [5.41, 5.74) is 2.74. The molecule has 0 spiro atoms. The van der Waals surface area contributed by atoms with Crippen molar-refractivity contribution < 1.29 is 4.74 Å². The Labute approximate surface area is 69.5 Å². The lowest BCUT2D eigenvalue weighted by Gasteiger charge is -2.21. The van der Waals surface area contributed by atoms with Crippen LogP contribution in [0, 0.1) is 5.92 Å². The zero-order valence-electron chi connectivity index (χ0n) is 7.77. The van der Waals surface area contributed by atoms with Gasteiger partial charge in [0.1, 0.15) is 13.6 Å². The highest BCUT2D eigenvalue weighted by molar-refractivity contribution is 6.21. The molecule has 0 aromatic carbocycles. The van der Waals surface area contributed by atoms with Crippen molar-refractivity contribution in [2.45, 2.75) is 20.3 Å². The Morgan fingerprint density at radius 3 is 2.73 bits per heavy atom. The van der Waals surface area contributed by atoms with E-state index in [-0.39, 0.29) is 0 Å². The molecule has 1 atom stereocenters. The summed E-state index contributed by atoms with van der Waals surface area (Å²) in [6.45, 7) is 4.32. The molecule has 0 bridgehead atoms. The lowest BCUT2D eigenvalue weighted by atomic mass is 9.80. The smallest absolute Gasteiger partial charge is 0.133 e. The topological polar surface area (TPSA) is 9.23 Å². The van der Waals surface area contributed by atoms with Crippen molar-refractivity contribution in [1.82, 2.24) is 0 Å². The molecule has 0 aromatic heterocycles. The Kier molecular flexibility index (Phi) is 2.43. The predicted molar refractivity (Wildman–Crippen MR) is 50.1 cm³/mol. The van der Waals surface area contributed by atoms with Gasteiger partial charge < -0.3 is 4.74 Å². The number of hydrogen-bond acceptors (Lipinski definition) is 1. The molecule has 1 aliphatic rings. The second kappa shape index (κ2) is 3.16. The molecule has 0 heterocycles. The normalized spacial score (nSPS) is 25.0. The van der Waals surface area contributed by atoms with Crippen molar-refractivity contribution >= 4 is 7.85 Å². The molecule has 0 radical (unpaired) electrons. The van der Waals surface area contributed by atoms with Crippen LogP contribution >= 0.6 is 0 Å². The van der Waals surface area contributed by atoms with Gasteiger partial charge in [0, 0.05) is 5.92 Å². The molecule has 1 nitrogen and oxygen atoms in total. The minimum Gasteiger partial charge on any atom is -0.501 e. The molecule has 1 rings (SSSR count). The van der Waals surface area contributed by atoms with Crippen LogP contribution in [0.3, 0.4) is 0 Å². The number of allylic oxidation sites excluding steroid dienone is 4. The van der Waals surface area contributed by atoms with Crippen LogP contribution in [0.15, 0.2) is 22.9 Å². The maximum Gasteiger partial charge on any atom is 0.133 e. The average Bonchev–Trinajstić information content (AvgIpc) is 1.85. The third-order valence-electron chi connectivity index (χ3n) is 2.15. The van der Waals surface area contributed by atoms with E-state index in [1.165, 1.54) is 11.0 Å². The van der Waals surface area contributed by atoms with Gasteiger partial charge >= 0.3 is 0 Å². The largest absolute Gasteiger partial charge is 0.501 e. The Hall–Kier alpha value is -0.655. The van der Waals surface area contributed by atoms with Gasteiger partial charge in [-0.05, 0) is 18.9 Å². The van der Waals surface area contributed by atoms with Gasteiger partial charge in [0.2, 0.25) is 0 Å². The zero-order chi connectivity index (χ0) is 8.43. The molecule has 0 aliphatic heterocycles. The van der Waals surface area contributed by atoms with E-state index in [9.17, 15) is 0 Å². The highest BCUT2D eigenvalue weighted by atomic mass is 16.5. The monoisotopic (exact) mass is 150 g/mol. The summed E-state index contributed by atoms with van der Waals surface area (Å²) < 4.78 is 5.30. The van der Waals surface area contributed by atoms with E-state index in [4.69, 9.17) is 4.74 Å². The standard InChI is InChI=1S/C9H15BO/c1-6-4-8(10)5-7(2)9(6)11-3/h4,7H,5,10H2,1-3H3. The highest BCUT2D eigenvalue weighted by Gasteiger charge is 2.16. The lowest BCUT2D eigenvalue weighted by Crippen LogP contribution is -2.09. The molecule has 0 N–H and O–H groups in total. The summed E-state index contributed by atoms with van der Waals surface area (Å²) in [6.07, 6.45) is 3.35. The van der Waals surface area contributed by atoms with E-state index in [1.807, 2.05) is 0 Å². The minimum absolute atomic E-state index is 0.560. The van der Waals surface area contributed by atoms with Gasteiger partial charge in [-0.25, -0.2) is 0 Å². The highest BCUT2D eigenvalue weighted by Crippen LogP contribution is 2.27. The van der Waals surface area contributed by atoms with Gasteiger partial charge in [-0.1, -0.05) is 13.0 Å². The quantitative estimate of drug-likeness (QED) is 0.514. The van der Waals surface area contributed by atoms with Gasteiger partial charge in [-0.15, -0.1) is 5.47 Å². The van der Waals surface area contributed by atoms with Gasteiger partial charge in [0.25, 0.3) is 0 Å². The molecule has 0 saturated heterocycles. The van der Waals surface area contributed by atoms with Crippen molar-refractivity contribution in [2.75, 3.05) is 7.11 Å². The van der Waals surface area contributed by atoms with Crippen molar-refractivity contribution in [3.05, 3.63) is 22.9 Å². The Morgan fingerprint density at radius 2 is 2.27 bits per heavy atom. The lowest BCUT2D eigenvalue weighted by molar-refractivity contribution is 0.241. The first kappa shape index (κ1) is 8.44. The van der Waals surface area contributed by atoms with E-state index in [2.05, 4.69) is 27.8 Å². The molecule has 0 amide bonds. The van der Waals surface area contributed by atoms with E-state index in [0.717, 1.165) is 12.2 Å². The number of hydrogen-bond donors (Lipinski definition) is 0. The van der Waals surface area contributed by atoms with Crippen LogP contribution in [0.2, 0.25) is 0 Å². The number of methoxy groups -OCH3 is 1. The van der Waals surface area contributed by atoms with Crippen LogP contribution < -0.4 is 0 Å². The molecule has 11 heavy (non-hydrogen) atoms. The van der Waals surface area contributed by atoms with Crippen molar-refractivity contribution in [3.8, 4) is 0 Å². The van der Waals surface area contributed by atoms with Crippen molar-refractivity contribution in [3.63, 3.8) is 0 Å². The molecular formula is C9H15BO. The molecule has 1 unspecified atom stereocenters. The molecular weight excluding hydrogens is 135 g/mol. The maximum atomic E-state index is 5.30. The third kappa shape index (κ3) is 1.68. The van der Waals surface area contributed by atoms with Gasteiger partial charge in [-0.2, -0.15) is 0 Å². The summed E-state index contributed by atoms with van der Waals surface area (Å²) in [6, 6.07) is 0. The third-order valence-corrected chi connectivity index (χ3v) is 2.15. The van der Waals surface area contributed by atoms with Crippen LogP contribution in [-0.4, -0.2) is 15.0 Å². The van der Waals surface area contributed by atoms with Gasteiger partial charge in [0.15, 0.2) is 0 Å². The Morgan fingerprint density at radius 1 is 1.64 bits per heavy atom. The Balaban J connectivity index is 2.92. The van der Waals surface area contributed by atoms with E-state index in [1.54, 1.807) is 7.11 Å². The summed E-state index contributed by atoms with van der Waals surface area (Å²) in [4.78, 5) is 0. The summed E-state index contributed by atoms with van der Waals surface area (Å²) in [5, 5.41) is 0. The molecule has 2 heteroatoms. The van der Waals surface area contributed by atoms with Crippen LogP contribution in [0.25, 0.3) is 0 Å². The van der Waals surface area contributed by atoms with Crippen LogP contribution in [0.1, 0.15) is 20.3 Å². The molecule has 1 aliphatic carbocycles. The summed E-state index contributed by atoms with van der Waals surface area (Å²) in [5.74, 6) is 1.71. The van der Waals surface area contributed by atoms with Crippen molar-refractivity contribution in [1.29, 1.82) is 0 Å². The molecule has 0 saturated carbocycles. The zero-order valence-corrected chi connectivity index (χ0v) is 7.77. The first-order chi connectivity index (χ1) is 5.15. The fourth-order valence-electron chi connectivity index (χ4n) is 1.83. The number of rotatable bonds is 1. The summed E-state index contributed by atoms with van der Waals surface area (Å²) in [7, 11) is 3.93. The molecule has 60 valence electrons. The molecule has 0 aromatic rings.